The van der Waals surface area contributed by atoms with Crippen LogP contribution in [0.3, 0.4) is 0 Å². The first kappa shape index (κ1) is 24.1. The van der Waals surface area contributed by atoms with Crippen LogP contribution in [0.1, 0.15) is 15.9 Å². The lowest BCUT2D eigenvalue weighted by molar-refractivity contribution is -0.133. The lowest BCUT2D eigenvalue weighted by Gasteiger charge is -2.43. The molecule has 2 aliphatic heterocycles. The van der Waals surface area contributed by atoms with Crippen LogP contribution >= 0.6 is 10.6 Å². The van der Waals surface area contributed by atoms with Crippen molar-refractivity contribution >= 4 is 28.1 Å². The molecular formula is C24H28N4O5S. The largest absolute Gasteiger partial charge is 0.364 e. The topological polar surface area (TPSA) is 125 Å². The molecule has 2 amide bonds. The van der Waals surface area contributed by atoms with Crippen LogP contribution in [0.5, 0.6) is 0 Å². The number of rotatable bonds is 6. The average Bonchev–Trinajstić information content (AvgIpc) is 3.23. The van der Waals surface area contributed by atoms with Crippen LogP contribution in [0.25, 0.3) is 0 Å². The van der Waals surface area contributed by atoms with Gasteiger partial charge in [0.05, 0.1) is 34.8 Å². The molecule has 0 aromatic heterocycles. The number of benzene rings is 2. The molecule has 0 radical (unpaired) electrons. The van der Waals surface area contributed by atoms with Crippen molar-refractivity contribution in [1.29, 1.82) is 0 Å². The number of nitrogens with one attached hydrogen (secondary N) is 2. The van der Waals surface area contributed by atoms with E-state index in [0.29, 0.717) is 43.2 Å². The molecule has 1 saturated heterocycles. The first-order chi connectivity index (χ1) is 16.3. The highest BCUT2D eigenvalue weighted by molar-refractivity contribution is 8.24. The van der Waals surface area contributed by atoms with Gasteiger partial charge in [0.25, 0.3) is 5.91 Å². The molecule has 34 heavy (non-hydrogen) atoms. The molecule has 0 unspecified atom stereocenters. The van der Waals surface area contributed by atoms with E-state index < -0.39 is 28.5 Å². The number of carbonyl (C=O) groups excluding carboxylic acids is 2. The van der Waals surface area contributed by atoms with Gasteiger partial charge in [-0.05, 0) is 29.8 Å². The second kappa shape index (κ2) is 10.0. The maximum absolute atomic E-state index is 12.8. The second-order valence-corrected chi connectivity index (χ2v) is 10.7. The van der Waals surface area contributed by atoms with Crippen molar-refractivity contribution < 1.29 is 23.9 Å². The van der Waals surface area contributed by atoms with Gasteiger partial charge in [-0.25, -0.2) is 5.48 Å². The van der Waals surface area contributed by atoms with Crippen molar-refractivity contribution in [1.82, 2.24) is 15.7 Å². The molecule has 2 heterocycles. The Labute approximate surface area is 200 Å². The first-order valence-corrected chi connectivity index (χ1v) is 12.6. The fourth-order valence-corrected chi connectivity index (χ4v) is 6.02. The Kier molecular flexibility index (Phi) is 7.11. The van der Waals surface area contributed by atoms with Gasteiger partial charge in [0, 0.05) is 31.7 Å². The van der Waals surface area contributed by atoms with Gasteiger partial charge in [-0.2, -0.15) is 10.6 Å². The van der Waals surface area contributed by atoms with Gasteiger partial charge < -0.3 is 10.2 Å². The molecule has 0 spiro atoms. The standard InChI is InChI=1S/C24H28N4O5S/c1-2-11-27-15-19(24(30)26-31)20(16-27)25-23(29)18-9-7-17(8-10-18)14-28-12-13-34(32,33)22-6-4-3-5-21(22)28/h1,3-10,19-20,31-33H,11-16H2,(H,25,29)(H,26,30)/t19-,20+/m0/s1. The lowest BCUT2D eigenvalue weighted by atomic mass is 10.0. The number of nitrogens with zero attached hydrogens (tertiary/aromatic N) is 2. The zero-order chi connectivity index (χ0) is 24.3. The summed E-state index contributed by atoms with van der Waals surface area (Å²) in [4.78, 5) is 29.4. The number of hydroxylamine groups is 1. The van der Waals surface area contributed by atoms with Crippen LogP contribution in [0.2, 0.25) is 0 Å². The van der Waals surface area contributed by atoms with Crippen LogP contribution in [-0.4, -0.2) is 69.0 Å². The molecule has 10 heteroatoms. The quantitative estimate of drug-likeness (QED) is 0.241. The number of fused-ring (bicyclic) bond motifs is 1. The molecule has 1 fully saturated rings. The summed E-state index contributed by atoms with van der Waals surface area (Å²) < 4.78 is 20.7. The van der Waals surface area contributed by atoms with Gasteiger partial charge in [0.15, 0.2) is 0 Å². The third-order valence-electron chi connectivity index (χ3n) is 6.27. The van der Waals surface area contributed by atoms with Crippen molar-refractivity contribution in [3.8, 4) is 12.3 Å². The summed E-state index contributed by atoms with van der Waals surface area (Å²) in [5.41, 5.74) is 3.90. The van der Waals surface area contributed by atoms with Gasteiger partial charge in [-0.1, -0.05) is 30.2 Å². The van der Waals surface area contributed by atoms with Crippen molar-refractivity contribution in [2.75, 3.05) is 36.8 Å². The Morgan fingerprint density at radius 1 is 1.12 bits per heavy atom. The predicted molar refractivity (Wildman–Crippen MR) is 130 cm³/mol. The fraction of sp³-hybridized carbons (Fsp3) is 0.333. The summed E-state index contributed by atoms with van der Waals surface area (Å²) in [6, 6.07) is 14.0. The van der Waals surface area contributed by atoms with Crippen molar-refractivity contribution in [3.05, 3.63) is 59.7 Å². The number of terminal acetylenes is 1. The fourth-order valence-electron chi connectivity index (χ4n) is 4.50. The molecule has 9 nitrogen and oxygen atoms in total. The van der Waals surface area contributed by atoms with E-state index in [1.807, 2.05) is 29.2 Å². The highest BCUT2D eigenvalue weighted by Gasteiger charge is 2.38. The molecule has 2 aliphatic rings. The van der Waals surface area contributed by atoms with E-state index in [9.17, 15) is 18.7 Å². The number of carbonyl (C=O) groups is 2. The number of para-hydroxylation sites is 1. The monoisotopic (exact) mass is 484 g/mol. The minimum Gasteiger partial charge on any atom is -0.364 e. The maximum atomic E-state index is 12.8. The second-order valence-electron chi connectivity index (χ2n) is 8.52. The van der Waals surface area contributed by atoms with E-state index >= 15 is 0 Å². The first-order valence-electron chi connectivity index (χ1n) is 10.9. The van der Waals surface area contributed by atoms with E-state index in [0.717, 1.165) is 11.3 Å². The number of hydrogen-bond donors (Lipinski definition) is 5. The molecule has 0 aliphatic carbocycles. The maximum Gasteiger partial charge on any atom is 0.251 e. The van der Waals surface area contributed by atoms with E-state index in [1.54, 1.807) is 29.7 Å². The Morgan fingerprint density at radius 3 is 2.56 bits per heavy atom. The Bertz CT molecular complexity index is 1100. The van der Waals surface area contributed by atoms with Gasteiger partial charge in [-0.3, -0.25) is 28.8 Å². The number of amides is 2. The summed E-state index contributed by atoms with van der Waals surface area (Å²) >= 11 is 0. The summed E-state index contributed by atoms with van der Waals surface area (Å²) in [5.74, 6) is 1.34. The number of likely N-dealkylation sites (tertiary alicyclic amines) is 1. The van der Waals surface area contributed by atoms with Crippen molar-refractivity contribution in [2.24, 2.45) is 5.92 Å². The number of hydrogen-bond acceptors (Lipinski definition) is 7. The molecule has 0 saturated carbocycles. The minimum atomic E-state index is -2.77. The smallest absolute Gasteiger partial charge is 0.251 e. The van der Waals surface area contributed by atoms with Crippen LogP contribution in [0, 0.1) is 18.3 Å². The predicted octanol–water partition coefficient (Wildman–Crippen LogP) is 1.99. The molecular weight excluding hydrogens is 456 g/mol. The van der Waals surface area contributed by atoms with Crippen molar-refractivity contribution in [2.45, 2.75) is 17.5 Å². The zero-order valence-electron chi connectivity index (χ0n) is 18.6. The van der Waals surface area contributed by atoms with Crippen LogP contribution in [0.4, 0.5) is 5.69 Å². The highest BCUT2D eigenvalue weighted by atomic mass is 32.3. The summed E-state index contributed by atoms with van der Waals surface area (Å²) in [6.07, 6.45) is 5.37. The van der Waals surface area contributed by atoms with E-state index in [-0.39, 0.29) is 11.7 Å². The van der Waals surface area contributed by atoms with E-state index in [2.05, 4.69) is 16.1 Å². The molecule has 0 bridgehead atoms. The highest BCUT2D eigenvalue weighted by Crippen LogP contribution is 2.55. The SMILES string of the molecule is C#CCN1C[C@H](C(=O)NO)[C@H](NC(=O)c2ccc(CN3CCS(O)(O)c4ccccc43)cc2)C1. The Balaban J connectivity index is 1.42. The lowest BCUT2D eigenvalue weighted by Crippen LogP contribution is -2.45. The van der Waals surface area contributed by atoms with Crippen LogP contribution in [-0.2, 0) is 11.3 Å². The molecule has 180 valence electrons. The summed E-state index contributed by atoms with van der Waals surface area (Å²) in [6.45, 7) is 2.20. The third-order valence-corrected chi connectivity index (χ3v) is 8.07. The van der Waals surface area contributed by atoms with Gasteiger partial charge in [-0.15, -0.1) is 6.42 Å². The Morgan fingerprint density at radius 2 is 1.85 bits per heavy atom. The summed E-state index contributed by atoms with van der Waals surface area (Å²) in [5, 5.41) is 11.9. The molecule has 4 rings (SSSR count). The summed E-state index contributed by atoms with van der Waals surface area (Å²) in [7, 11) is -2.77. The normalized spacial score (nSPS) is 22.4. The third kappa shape index (κ3) is 5.04. The van der Waals surface area contributed by atoms with Gasteiger partial charge in [0.1, 0.15) is 0 Å². The number of anilines is 1. The van der Waals surface area contributed by atoms with E-state index in [4.69, 9.17) is 11.6 Å². The molecule has 5 N–H and O–H groups in total. The molecule has 2 aromatic carbocycles. The van der Waals surface area contributed by atoms with Gasteiger partial charge >= 0.3 is 0 Å². The minimum absolute atomic E-state index is 0.283. The zero-order valence-corrected chi connectivity index (χ0v) is 19.4. The van der Waals surface area contributed by atoms with Crippen LogP contribution in [0.15, 0.2) is 53.4 Å². The van der Waals surface area contributed by atoms with Gasteiger partial charge in [0.2, 0.25) is 5.91 Å². The van der Waals surface area contributed by atoms with Crippen molar-refractivity contribution in [3.63, 3.8) is 0 Å². The van der Waals surface area contributed by atoms with Crippen LogP contribution < -0.4 is 15.7 Å². The van der Waals surface area contributed by atoms with E-state index in [1.165, 1.54) is 0 Å². The molecule has 2 aromatic rings. The average molecular weight is 485 g/mol. The Hall–Kier alpha value is -3.07. The molecule has 2 atom stereocenters.